The van der Waals surface area contributed by atoms with Crippen molar-refractivity contribution in [1.29, 1.82) is 0 Å². The van der Waals surface area contributed by atoms with E-state index in [2.05, 4.69) is 5.32 Å². The van der Waals surface area contributed by atoms with E-state index in [-0.39, 0.29) is 12.5 Å². The smallest absolute Gasteiger partial charge is 0.317 e. The second-order valence-electron chi connectivity index (χ2n) is 5.94. The lowest BCUT2D eigenvalue weighted by Crippen LogP contribution is -2.44. The van der Waals surface area contributed by atoms with Gasteiger partial charge in [0, 0.05) is 19.0 Å². The maximum Gasteiger partial charge on any atom is 0.389 e. The van der Waals surface area contributed by atoms with Gasteiger partial charge in [0.1, 0.15) is 0 Å². The van der Waals surface area contributed by atoms with Gasteiger partial charge in [-0.25, -0.2) is 8.42 Å². The zero-order valence-corrected chi connectivity index (χ0v) is 12.8. The topological polar surface area (TPSA) is 49.4 Å². The van der Waals surface area contributed by atoms with E-state index in [0.717, 1.165) is 38.8 Å². The third-order valence-corrected chi connectivity index (χ3v) is 6.37. The molecule has 1 N–H and O–H groups in total. The second-order valence-corrected chi connectivity index (χ2v) is 7.98. The fourth-order valence-corrected chi connectivity index (χ4v) is 5.22. The van der Waals surface area contributed by atoms with Crippen LogP contribution in [0.5, 0.6) is 0 Å². The predicted octanol–water partition coefficient (Wildman–Crippen LogP) is 2.12. The van der Waals surface area contributed by atoms with E-state index in [1.807, 2.05) is 0 Å². The molecule has 0 amide bonds. The summed E-state index contributed by atoms with van der Waals surface area (Å²) in [5, 5.41) is 3.25. The highest BCUT2D eigenvalue weighted by atomic mass is 32.2. The Bertz CT molecular complexity index is 433. The number of piperidine rings is 1. The minimum Gasteiger partial charge on any atom is -0.317 e. The molecular formula is C13H23F3N2O2S. The molecule has 0 bridgehead atoms. The lowest BCUT2D eigenvalue weighted by atomic mass is 9.89. The molecule has 0 aromatic rings. The summed E-state index contributed by atoms with van der Waals surface area (Å²) in [5.41, 5.74) is 0. The number of sulfonamides is 1. The average molecular weight is 328 g/mol. The van der Waals surface area contributed by atoms with Gasteiger partial charge in [0.25, 0.3) is 0 Å². The molecule has 0 radical (unpaired) electrons. The Morgan fingerprint density at radius 3 is 2.43 bits per heavy atom. The van der Waals surface area contributed by atoms with Crippen molar-refractivity contribution in [3.05, 3.63) is 0 Å². The Labute approximate surface area is 124 Å². The molecule has 2 rings (SSSR count). The lowest BCUT2D eigenvalue weighted by Gasteiger charge is -2.33. The fourth-order valence-electron chi connectivity index (χ4n) is 3.38. The standard InChI is InChI=1S/C13H23F3N2O2S/c14-13(15,16)6-2-10-21(19,20)18-9-1-3-12(18)11-4-7-17-8-5-11/h11-12,17H,1-10H2. The van der Waals surface area contributed by atoms with Gasteiger partial charge in [0.2, 0.25) is 10.0 Å². The van der Waals surface area contributed by atoms with Gasteiger partial charge in [0.15, 0.2) is 0 Å². The van der Waals surface area contributed by atoms with Crippen LogP contribution in [0.15, 0.2) is 0 Å². The Hall–Kier alpha value is -0.340. The van der Waals surface area contributed by atoms with Gasteiger partial charge in [0.05, 0.1) is 5.75 Å². The zero-order chi connectivity index (χ0) is 15.5. The summed E-state index contributed by atoms with van der Waals surface area (Å²) in [7, 11) is -3.57. The molecule has 2 aliphatic rings. The first kappa shape index (κ1) is 17.0. The molecule has 2 aliphatic heterocycles. The number of alkyl halides is 3. The van der Waals surface area contributed by atoms with Crippen LogP contribution >= 0.6 is 0 Å². The van der Waals surface area contributed by atoms with Crippen LogP contribution < -0.4 is 5.32 Å². The van der Waals surface area contributed by atoms with Crippen molar-refractivity contribution < 1.29 is 21.6 Å². The fraction of sp³-hybridized carbons (Fsp3) is 1.00. The Morgan fingerprint density at radius 2 is 1.81 bits per heavy atom. The van der Waals surface area contributed by atoms with E-state index in [0.29, 0.717) is 12.5 Å². The van der Waals surface area contributed by atoms with Crippen LogP contribution in [0.3, 0.4) is 0 Å². The Kier molecular flexibility index (Phi) is 5.54. The van der Waals surface area contributed by atoms with Crippen LogP contribution in [0.25, 0.3) is 0 Å². The van der Waals surface area contributed by atoms with E-state index >= 15 is 0 Å². The van der Waals surface area contributed by atoms with Gasteiger partial charge < -0.3 is 5.32 Å². The maximum absolute atomic E-state index is 12.3. The molecule has 0 aliphatic carbocycles. The Morgan fingerprint density at radius 1 is 1.14 bits per heavy atom. The van der Waals surface area contributed by atoms with Crippen molar-refractivity contribution in [3.63, 3.8) is 0 Å². The molecule has 21 heavy (non-hydrogen) atoms. The van der Waals surface area contributed by atoms with Crippen molar-refractivity contribution in [2.24, 2.45) is 5.92 Å². The summed E-state index contributed by atoms with van der Waals surface area (Å²) >= 11 is 0. The minimum absolute atomic E-state index is 0.0111. The normalized spacial score (nSPS) is 26.3. The van der Waals surface area contributed by atoms with Crippen molar-refractivity contribution in [1.82, 2.24) is 9.62 Å². The van der Waals surface area contributed by atoms with Gasteiger partial charge in [-0.05, 0) is 51.1 Å². The highest BCUT2D eigenvalue weighted by Crippen LogP contribution is 2.32. The van der Waals surface area contributed by atoms with Crippen molar-refractivity contribution in [2.75, 3.05) is 25.4 Å². The second kappa shape index (κ2) is 6.83. The lowest BCUT2D eigenvalue weighted by molar-refractivity contribution is -0.134. The predicted molar refractivity (Wildman–Crippen MR) is 74.4 cm³/mol. The van der Waals surface area contributed by atoms with Gasteiger partial charge in [-0.1, -0.05) is 0 Å². The maximum atomic E-state index is 12.3. The van der Waals surface area contributed by atoms with Crippen molar-refractivity contribution in [2.45, 2.75) is 50.7 Å². The third-order valence-electron chi connectivity index (χ3n) is 4.40. The van der Waals surface area contributed by atoms with E-state index in [1.54, 1.807) is 0 Å². The number of hydrogen-bond acceptors (Lipinski definition) is 3. The first-order chi connectivity index (χ1) is 9.80. The van der Waals surface area contributed by atoms with Crippen LogP contribution in [0.2, 0.25) is 0 Å². The molecule has 1 atom stereocenters. The largest absolute Gasteiger partial charge is 0.389 e. The highest BCUT2D eigenvalue weighted by Gasteiger charge is 2.39. The molecule has 2 fully saturated rings. The summed E-state index contributed by atoms with van der Waals surface area (Å²) in [6, 6.07) is -0.0111. The van der Waals surface area contributed by atoms with Gasteiger partial charge in [-0.2, -0.15) is 17.5 Å². The number of nitrogens with one attached hydrogen (secondary N) is 1. The van der Waals surface area contributed by atoms with E-state index in [4.69, 9.17) is 0 Å². The van der Waals surface area contributed by atoms with Gasteiger partial charge in [-0.15, -0.1) is 0 Å². The van der Waals surface area contributed by atoms with Crippen LogP contribution in [0, 0.1) is 5.92 Å². The molecule has 4 nitrogen and oxygen atoms in total. The van der Waals surface area contributed by atoms with Gasteiger partial charge >= 0.3 is 6.18 Å². The molecular weight excluding hydrogens is 305 g/mol. The quantitative estimate of drug-likeness (QED) is 0.841. The molecule has 2 saturated heterocycles. The molecule has 0 aromatic heterocycles. The molecule has 2 heterocycles. The number of halogens is 3. The minimum atomic E-state index is -4.28. The van der Waals surface area contributed by atoms with Crippen LogP contribution in [0.4, 0.5) is 13.2 Å². The summed E-state index contributed by atoms with van der Waals surface area (Å²) in [6.07, 6.45) is -2.12. The highest BCUT2D eigenvalue weighted by molar-refractivity contribution is 7.89. The molecule has 0 spiro atoms. The molecule has 124 valence electrons. The summed E-state index contributed by atoms with van der Waals surface area (Å²) in [5.74, 6) is -0.0558. The van der Waals surface area contributed by atoms with E-state index in [9.17, 15) is 21.6 Å². The van der Waals surface area contributed by atoms with E-state index < -0.39 is 28.4 Å². The van der Waals surface area contributed by atoms with Gasteiger partial charge in [-0.3, -0.25) is 0 Å². The molecule has 0 aromatic carbocycles. The molecule has 1 unspecified atom stereocenters. The first-order valence-corrected chi connectivity index (χ1v) is 9.17. The molecule has 0 saturated carbocycles. The summed E-state index contributed by atoms with van der Waals surface area (Å²) < 4.78 is 62.6. The zero-order valence-electron chi connectivity index (χ0n) is 12.0. The SMILES string of the molecule is O=S(=O)(CCCC(F)(F)F)N1CCCC1C1CCNCC1. The van der Waals surface area contributed by atoms with Crippen LogP contribution in [-0.4, -0.2) is 50.3 Å². The third kappa shape index (κ3) is 4.82. The summed E-state index contributed by atoms with van der Waals surface area (Å²) in [4.78, 5) is 0. The van der Waals surface area contributed by atoms with Crippen molar-refractivity contribution >= 4 is 10.0 Å². The molecule has 8 heteroatoms. The first-order valence-electron chi connectivity index (χ1n) is 7.56. The monoisotopic (exact) mass is 328 g/mol. The number of rotatable bonds is 5. The Balaban J connectivity index is 1.94. The number of hydrogen-bond donors (Lipinski definition) is 1. The van der Waals surface area contributed by atoms with Crippen molar-refractivity contribution in [3.8, 4) is 0 Å². The average Bonchev–Trinajstić information content (AvgIpc) is 2.88. The van der Waals surface area contributed by atoms with E-state index in [1.165, 1.54) is 4.31 Å². The van der Waals surface area contributed by atoms with Crippen LogP contribution in [-0.2, 0) is 10.0 Å². The van der Waals surface area contributed by atoms with Crippen LogP contribution in [0.1, 0.15) is 38.5 Å². The summed E-state index contributed by atoms with van der Waals surface area (Å²) in [6.45, 7) is 2.25. The number of nitrogens with zero attached hydrogens (tertiary/aromatic N) is 1.